The number of nitrogens with zero attached hydrogens (tertiary/aromatic N) is 1. The number of halogens is 2. The van der Waals surface area contributed by atoms with Crippen LogP contribution >= 0.6 is 24.8 Å². The van der Waals surface area contributed by atoms with Crippen LogP contribution in [-0.4, -0.2) is 36.1 Å². The molecule has 1 saturated heterocycles. The second-order valence-electron chi connectivity index (χ2n) is 3.70. The molecule has 98 valence electrons. The van der Waals surface area contributed by atoms with Crippen molar-refractivity contribution in [2.45, 2.75) is 18.8 Å². The SMILES string of the molecule is COC(=O)c1cnc(C2CCNCC2)[nH]1.Cl.Cl. The van der Waals surface area contributed by atoms with Crippen LogP contribution in [0.1, 0.15) is 35.1 Å². The van der Waals surface area contributed by atoms with Crippen molar-refractivity contribution in [3.63, 3.8) is 0 Å². The van der Waals surface area contributed by atoms with Crippen molar-refractivity contribution >= 4 is 30.8 Å². The number of aromatic nitrogens is 2. The number of methoxy groups -OCH3 is 1. The van der Waals surface area contributed by atoms with Crippen LogP contribution in [-0.2, 0) is 4.74 Å². The lowest BCUT2D eigenvalue weighted by Gasteiger charge is -2.20. The van der Waals surface area contributed by atoms with Crippen LogP contribution < -0.4 is 5.32 Å². The van der Waals surface area contributed by atoms with E-state index in [1.807, 2.05) is 0 Å². The standard InChI is InChI=1S/C10H15N3O2.2ClH/c1-15-10(14)8-6-12-9(13-8)7-2-4-11-5-3-7;;/h6-7,11H,2-5H2,1H3,(H,12,13);2*1H. The second kappa shape index (κ2) is 7.53. The largest absolute Gasteiger partial charge is 0.464 e. The lowest BCUT2D eigenvalue weighted by molar-refractivity contribution is 0.0594. The predicted octanol–water partition coefficient (Wildman–Crippen LogP) is 1.51. The summed E-state index contributed by atoms with van der Waals surface area (Å²) >= 11 is 0. The molecule has 0 aromatic carbocycles. The lowest BCUT2D eigenvalue weighted by atomic mass is 9.98. The van der Waals surface area contributed by atoms with Crippen molar-refractivity contribution in [1.82, 2.24) is 15.3 Å². The van der Waals surface area contributed by atoms with Crippen molar-refractivity contribution in [2.24, 2.45) is 0 Å². The van der Waals surface area contributed by atoms with Gasteiger partial charge in [-0.25, -0.2) is 9.78 Å². The van der Waals surface area contributed by atoms with E-state index in [4.69, 9.17) is 0 Å². The minimum atomic E-state index is -0.359. The number of hydrogen-bond donors (Lipinski definition) is 2. The quantitative estimate of drug-likeness (QED) is 0.807. The molecule has 5 nitrogen and oxygen atoms in total. The van der Waals surface area contributed by atoms with Gasteiger partial charge in [-0.1, -0.05) is 0 Å². The number of piperidine rings is 1. The van der Waals surface area contributed by atoms with Gasteiger partial charge in [0, 0.05) is 5.92 Å². The highest BCUT2D eigenvalue weighted by Gasteiger charge is 2.19. The van der Waals surface area contributed by atoms with Crippen LogP contribution in [0.25, 0.3) is 0 Å². The molecule has 7 heteroatoms. The number of esters is 1. The van der Waals surface area contributed by atoms with E-state index in [0.717, 1.165) is 31.8 Å². The summed E-state index contributed by atoms with van der Waals surface area (Å²) in [6.45, 7) is 2.03. The van der Waals surface area contributed by atoms with Crippen molar-refractivity contribution in [3.8, 4) is 0 Å². The van der Waals surface area contributed by atoms with Crippen molar-refractivity contribution < 1.29 is 9.53 Å². The summed E-state index contributed by atoms with van der Waals surface area (Å²) in [5.74, 6) is 0.976. The minimum Gasteiger partial charge on any atom is -0.464 e. The number of imidazole rings is 1. The summed E-state index contributed by atoms with van der Waals surface area (Å²) in [5, 5.41) is 3.29. The molecule has 2 heterocycles. The zero-order chi connectivity index (χ0) is 10.7. The Morgan fingerprint density at radius 1 is 1.41 bits per heavy atom. The Kier molecular flexibility index (Phi) is 7.18. The molecular weight excluding hydrogens is 265 g/mol. The number of rotatable bonds is 2. The smallest absolute Gasteiger partial charge is 0.356 e. The molecule has 0 aliphatic carbocycles. The van der Waals surface area contributed by atoms with Crippen molar-refractivity contribution in [1.29, 1.82) is 0 Å². The lowest BCUT2D eigenvalue weighted by Crippen LogP contribution is -2.27. The van der Waals surface area contributed by atoms with Crippen LogP contribution in [0.2, 0.25) is 0 Å². The number of nitrogens with one attached hydrogen (secondary N) is 2. The molecule has 0 saturated carbocycles. The van der Waals surface area contributed by atoms with E-state index in [0.29, 0.717) is 11.6 Å². The van der Waals surface area contributed by atoms with E-state index >= 15 is 0 Å². The number of aromatic amines is 1. The van der Waals surface area contributed by atoms with Crippen molar-refractivity contribution in [3.05, 3.63) is 17.7 Å². The Morgan fingerprint density at radius 2 is 2.06 bits per heavy atom. The molecule has 1 aromatic heterocycles. The average Bonchev–Trinajstić information content (AvgIpc) is 2.78. The Balaban J connectivity index is 0.00000128. The van der Waals surface area contributed by atoms with E-state index in [-0.39, 0.29) is 30.8 Å². The first-order valence-corrected chi connectivity index (χ1v) is 5.15. The summed E-state index contributed by atoms with van der Waals surface area (Å²) < 4.78 is 4.61. The van der Waals surface area contributed by atoms with E-state index in [1.165, 1.54) is 7.11 Å². The maximum atomic E-state index is 11.2. The highest BCUT2D eigenvalue weighted by atomic mass is 35.5. The molecular formula is C10H17Cl2N3O2. The first-order valence-electron chi connectivity index (χ1n) is 5.15. The van der Waals surface area contributed by atoms with Gasteiger partial charge in [-0.2, -0.15) is 0 Å². The third-order valence-corrected chi connectivity index (χ3v) is 2.73. The molecule has 1 aromatic rings. The molecule has 0 bridgehead atoms. The number of carbonyl (C=O) groups is 1. The second-order valence-corrected chi connectivity index (χ2v) is 3.70. The van der Waals surface area contributed by atoms with Gasteiger partial charge in [0.2, 0.25) is 0 Å². The molecule has 1 fully saturated rings. The zero-order valence-electron chi connectivity index (χ0n) is 9.56. The maximum Gasteiger partial charge on any atom is 0.356 e. The molecule has 0 unspecified atom stereocenters. The Hall–Kier alpha value is -0.780. The van der Waals surface area contributed by atoms with E-state index in [1.54, 1.807) is 6.20 Å². The highest BCUT2D eigenvalue weighted by molar-refractivity contribution is 5.86. The maximum absolute atomic E-state index is 11.2. The topological polar surface area (TPSA) is 67.0 Å². The highest BCUT2D eigenvalue weighted by Crippen LogP contribution is 2.22. The number of ether oxygens (including phenoxy) is 1. The molecule has 0 atom stereocenters. The average molecular weight is 282 g/mol. The van der Waals surface area contributed by atoms with Gasteiger partial charge in [0.25, 0.3) is 0 Å². The predicted molar refractivity (Wildman–Crippen MR) is 69.3 cm³/mol. The van der Waals surface area contributed by atoms with E-state index in [9.17, 15) is 4.79 Å². The fourth-order valence-electron chi connectivity index (χ4n) is 1.85. The Bertz CT molecular complexity index is 351. The summed E-state index contributed by atoms with van der Waals surface area (Å²) in [6.07, 6.45) is 3.67. The number of H-pyrrole nitrogens is 1. The number of hydrogen-bond acceptors (Lipinski definition) is 4. The summed E-state index contributed by atoms with van der Waals surface area (Å²) in [4.78, 5) is 18.4. The molecule has 0 amide bonds. The van der Waals surface area contributed by atoms with Crippen LogP contribution in [0.4, 0.5) is 0 Å². The normalized spacial score (nSPS) is 15.6. The van der Waals surface area contributed by atoms with Gasteiger partial charge in [0.1, 0.15) is 11.5 Å². The van der Waals surface area contributed by atoms with Gasteiger partial charge < -0.3 is 15.0 Å². The Morgan fingerprint density at radius 3 is 2.65 bits per heavy atom. The molecule has 2 N–H and O–H groups in total. The number of carbonyl (C=O) groups excluding carboxylic acids is 1. The van der Waals surface area contributed by atoms with Crippen LogP contribution in [0, 0.1) is 0 Å². The van der Waals surface area contributed by atoms with Crippen molar-refractivity contribution in [2.75, 3.05) is 20.2 Å². The Labute approximate surface area is 113 Å². The van der Waals surface area contributed by atoms with E-state index in [2.05, 4.69) is 20.0 Å². The first kappa shape index (κ1) is 16.2. The van der Waals surface area contributed by atoms with Crippen LogP contribution in [0.5, 0.6) is 0 Å². The molecule has 1 aliphatic heterocycles. The first-order chi connectivity index (χ1) is 7.31. The molecule has 0 radical (unpaired) electrons. The third kappa shape index (κ3) is 3.87. The fourth-order valence-corrected chi connectivity index (χ4v) is 1.85. The molecule has 17 heavy (non-hydrogen) atoms. The van der Waals surface area contributed by atoms with Gasteiger partial charge in [0.15, 0.2) is 0 Å². The summed E-state index contributed by atoms with van der Waals surface area (Å²) in [6, 6.07) is 0. The molecule has 1 aliphatic rings. The van der Waals surface area contributed by atoms with Crippen LogP contribution in [0.15, 0.2) is 6.20 Å². The van der Waals surface area contributed by atoms with Gasteiger partial charge in [0.05, 0.1) is 13.3 Å². The molecule has 2 rings (SSSR count). The monoisotopic (exact) mass is 281 g/mol. The van der Waals surface area contributed by atoms with Gasteiger partial charge in [-0.3, -0.25) is 0 Å². The molecule has 0 spiro atoms. The van der Waals surface area contributed by atoms with Gasteiger partial charge >= 0.3 is 5.97 Å². The van der Waals surface area contributed by atoms with Gasteiger partial charge in [-0.05, 0) is 25.9 Å². The third-order valence-electron chi connectivity index (χ3n) is 2.73. The van der Waals surface area contributed by atoms with E-state index < -0.39 is 0 Å². The fraction of sp³-hybridized carbons (Fsp3) is 0.600. The summed E-state index contributed by atoms with van der Waals surface area (Å²) in [7, 11) is 1.37. The van der Waals surface area contributed by atoms with Crippen LogP contribution in [0.3, 0.4) is 0 Å². The summed E-state index contributed by atoms with van der Waals surface area (Å²) in [5.41, 5.74) is 0.436. The minimum absolute atomic E-state index is 0. The van der Waals surface area contributed by atoms with Gasteiger partial charge in [-0.15, -0.1) is 24.8 Å². The zero-order valence-corrected chi connectivity index (χ0v) is 11.2.